The van der Waals surface area contributed by atoms with E-state index in [4.69, 9.17) is 9.47 Å². The van der Waals surface area contributed by atoms with Crippen LogP contribution >= 0.6 is 0 Å². The smallest absolute Gasteiger partial charge is 0.333 e. The van der Waals surface area contributed by atoms with E-state index in [2.05, 4.69) is 20.1 Å². The van der Waals surface area contributed by atoms with Crippen molar-refractivity contribution in [3.05, 3.63) is 24.3 Å². The molecule has 0 aromatic carbocycles. The van der Waals surface area contributed by atoms with E-state index in [9.17, 15) is 9.59 Å². The molecule has 114 valence electrons. The van der Waals surface area contributed by atoms with Crippen molar-refractivity contribution in [1.29, 1.82) is 0 Å². The summed E-state index contributed by atoms with van der Waals surface area (Å²) in [5.41, 5.74) is 0.842. The summed E-state index contributed by atoms with van der Waals surface area (Å²) in [6, 6.07) is 0. The van der Waals surface area contributed by atoms with Gasteiger partial charge in [-0.2, -0.15) is 0 Å². The molecule has 0 spiro atoms. The molecule has 0 rings (SSSR count). The van der Waals surface area contributed by atoms with Crippen LogP contribution in [0.15, 0.2) is 24.3 Å². The van der Waals surface area contributed by atoms with Crippen LogP contribution < -0.4 is 0 Å². The molecular weight excluding hydrogens is 256 g/mol. The standard InChI is InChI=1S/C16H26O4/c1-6-14(11-20-16(18)13(4)5)9-7-8-10-19-15(17)12(2)3/h14H,2,4,6-11H2,1,3,5H3. The first-order valence-electron chi connectivity index (χ1n) is 7.03. The predicted molar refractivity (Wildman–Crippen MR) is 79.2 cm³/mol. The maximum Gasteiger partial charge on any atom is 0.333 e. The zero-order valence-electron chi connectivity index (χ0n) is 12.9. The third kappa shape index (κ3) is 8.51. The Morgan fingerprint density at radius 3 is 2.05 bits per heavy atom. The van der Waals surface area contributed by atoms with E-state index in [0.717, 1.165) is 25.7 Å². The molecule has 1 unspecified atom stereocenters. The molecule has 0 aromatic rings. The Balaban J connectivity index is 3.75. The second kappa shape index (κ2) is 10.2. The fourth-order valence-corrected chi connectivity index (χ4v) is 1.55. The Morgan fingerprint density at radius 1 is 1.00 bits per heavy atom. The van der Waals surface area contributed by atoms with Crippen molar-refractivity contribution in [2.45, 2.75) is 46.5 Å². The number of ether oxygens (including phenoxy) is 2. The fourth-order valence-electron chi connectivity index (χ4n) is 1.55. The molecule has 0 aromatic heterocycles. The topological polar surface area (TPSA) is 52.6 Å². The Labute approximate surface area is 121 Å². The first kappa shape index (κ1) is 18.4. The highest BCUT2D eigenvalue weighted by Gasteiger charge is 2.11. The van der Waals surface area contributed by atoms with Gasteiger partial charge in [-0.05, 0) is 39.0 Å². The molecule has 4 heteroatoms. The molecule has 0 bridgehead atoms. The van der Waals surface area contributed by atoms with E-state index >= 15 is 0 Å². The van der Waals surface area contributed by atoms with Gasteiger partial charge in [-0.1, -0.05) is 26.5 Å². The van der Waals surface area contributed by atoms with Gasteiger partial charge in [0.05, 0.1) is 13.2 Å². The monoisotopic (exact) mass is 282 g/mol. The van der Waals surface area contributed by atoms with Crippen LogP contribution in [0.5, 0.6) is 0 Å². The molecule has 0 heterocycles. The molecular formula is C16H26O4. The van der Waals surface area contributed by atoms with Gasteiger partial charge in [0.2, 0.25) is 0 Å². The normalized spacial score (nSPS) is 11.6. The van der Waals surface area contributed by atoms with Gasteiger partial charge >= 0.3 is 11.9 Å². The SMILES string of the molecule is C=C(C)C(=O)OCCCCC(CC)COC(=O)C(=C)C. The Kier molecular flexibility index (Phi) is 9.43. The van der Waals surface area contributed by atoms with Crippen LogP contribution in [-0.2, 0) is 19.1 Å². The highest BCUT2D eigenvalue weighted by atomic mass is 16.5. The molecule has 0 aliphatic carbocycles. The van der Waals surface area contributed by atoms with Crippen molar-refractivity contribution >= 4 is 11.9 Å². The molecule has 0 aliphatic rings. The first-order valence-corrected chi connectivity index (χ1v) is 7.03. The highest BCUT2D eigenvalue weighted by molar-refractivity contribution is 5.87. The number of unbranched alkanes of at least 4 members (excludes halogenated alkanes) is 1. The lowest BCUT2D eigenvalue weighted by molar-refractivity contribution is -0.141. The molecule has 0 saturated heterocycles. The van der Waals surface area contributed by atoms with Crippen LogP contribution in [0.3, 0.4) is 0 Å². The van der Waals surface area contributed by atoms with Crippen molar-refractivity contribution in [1.82, 2.24) is 0 Å². The number of hydrogen-bond acceptors (Lipinski definition) is 4. The van der Waals surface area contributed by atoms with Gasteiger partial charge in [0.15, 0.2) is 0 Å². The average molecular weight is 282 g/mol. The number of rotatable bonds is 10. The average Bonchev–Trinajstić information content (AvgIpc) is 2.40. The van der Waals surface area contributed by atoms with E-state index in [1.54, 1.807) is 13.8 Å². The molecule has 0 radical (unpaired) electrons. The Hall–Kier alpha value is -1.58. The van der Waals surface area contributed by atoms with E-state index in [-0.39, 0.29) is 11.9 Å². The van der Waals surface area contributed by atoms with Gasteiger partial charge in [-0.3, -0.25) is 0 Å². The lowest BCUT2D eigenvalue weighted by atomic mass is 10.0. The summed E-state index contributed by atoms with van der Waals surface area (Å²) < 4.78 is 10.2. The second-order valence-electron chi connectivity index (χ2n) is 5.07. The first-order chi connectivity index (χ1) is 9.38. The van der Waals surface area contributed by atoms with Gasteiger partial charge < -0.3 is 9.47 Å². The molecule has 0 aliphatic heterocycles. The molecule has 0 N–H and O–H groups in total. The predicted octanol–water partition coefficient (Wildman–Crippen LogP) is 3.42. The van der Waals surface area contributed by atoms with Gasteiger partial charge in [-0.25, -0.2) is 9.59 Å². The molecule has 0 amide bonds. The van der Waals surface area contributed by atoms with Crippen LogP contribution in [-0.4, -0.2) is 25.2 Å². The summed E-state index contributed by atoms with van der Waals surface area (Å²) >= 11 is 0. The maximum absolute atomic E-state index is 11.3. The number of carbonyl (C=O) groups is 2. The third-order valence-electron chi connectivity index (χ3n) is 2.96. The zero-order chi connectivity index (χ0) is 15.5. The van der Waals surface area contributed by atoms with E-state index in [1.807, 2.05) is 0 Å². The maximum atomic E-state index is 11.3. The summed E-state index contributed by atoms with van der Waals surface area (Å²) in [5, 5.41) is 0. The third-order valence-corrected chi connectivity index (χ3v) is 2.96. The number of hydrogen-bond donors (Lipinski definition) is 0. The number of carbonyl (C=O) groups excluding carboxylic acids is 2. The summed E-state index contributed by atoms with van der Waals surface area (Å²) in [6.07, 6.45) is 3.65. The van der Waals surface area contributed by atoms with Gasteiger partial charge in [0.25, 0.3) is 0 Å². The summed E-state index contributed by atoms with van der Waals surface area (Å²) in [5.74, 6) is -0.332. The molecule has 0 saturated carbocycles. The van der Waals surface area contributed by atoms with E-state index in [1.165, 1.54) is 0 Å². The van der Waals surface area contributed by atoms with Crippen LogP contribution in [0.1, 0.15) is 46.5 Å². The largest absolute Gasteiger partial charge is 0.462 e. The number of esters is 2. The van der Waals surface area contributed by atoms with Crippen molar-refractivity contribution < 1.29 is 19.1 Å². The highest BCUT2D eigenvalue weighted by Crippen LogP contribution is 2.14. The van der Waals surface area contributed by atoms with Crippen LogP contribution in [0, 0.1) is 5.92 Å². The van der Waals surface area contributed by atoms with Crippen molar-refractivity contribution in [2.75, 3.05) is 13.2 Å². The van der Waals surface area contributed by atoms with Gasteiger partial charge in [0, 0.05) is 11.1 Å². The quantitative estimate of drug-likeness (QED) is 0.350. The van der Waals surface area contributed by atoms with Crippen LogP contribution in [0.2, 0.25) is 0 Å². The Bertz CT molecular complexity index is 357. The zero-order valence-corrected chi connectivity index (χ0v) is 12.9. The van der Waals surface area contributed by atoms with E-state index < -0.39 is 0 Å². The fraction of sp³-hybridized carbons (Fsp3) is 0.625. The van der Waals surface area contributed by atoms with Gasteiger partial charge in [0.1, 0.15) is 0 Å². The van der Waals surface area contributed by atoms with Crippen LogP contribution in [0.25, 0.3) is 0 Å². The second-order valence-corrected chi connectivity index (χ2v) is 5.07. The van der Waals surface area contributed by atoms with Crippen LogP contribution in [0.4, 0.5) is 0 Å². The minimum Gasteiger partial charge on any atom is -0.462 e. The van der Waals surface area contributed by atoms with Gasteiger partial charge in [-0.15, -0.1) is 0 Å². The summed E-state index contributed by atoms with van der Waals surface area (Å²) in [7, 11) is 0. The Morgan fingerprint density at radius 2 is 1.55 bits per heavy atom. The molecule has 1 atom stereocenters. The van der Waals surface area contributed by atoms with E-state index in [0.29, 0.717) is 30.3 Å². The summed E-state index contributed by atoms with van der Waals surface area (Å²) in [6.45, 7) is 13.2. The lowest BCUT2D eigenvalue weighted by Crippen LogP contribution is -2.14. The van der Waals surface area contributed by atoms with Crippen molar-refractivity contribution in [3.8, 4) is 0 Å². The summed E-state index contributed by atoms with van der Waals surface area (Å²) in [4.78, 5) is 22.4. The molecule has 4 nitrogen and oxygen atoms in total. The molecule has 0 fully saturated rings. The minimum absolute atomic E-state index is 0.334. The van der Waals surface area contributed by atoms with Crippen molar-refractivity contribution in [3.63, 3.8) is 0 Å². The van der Waals surface area contributed by atoms with Crippen molar-refractivity contribution in [2.24, 2.45) is 5.92 Å². The minimum atomic E-state index is -0.340. The molecule has 20 heavy (non-hydrogen) atoms. The lowest BCUT2D eigenvalue weighted by Gasteiger charge is -2.15.